The summed E-state index contributed by atoms with van der Waals surface area (Å²) in [6.07, 6.45) is 0. The third-order valence-electron chi connectivity index (χ3n) is 3.13. The van der Waals surface area contributed by atoms with Crippen LogP contribution in [0.4, 0.5) is 0 Å². The number of hydrogen-bond donors (Lipinski definition) is 2. The van der Waals surface area contributed by atoms with Gasteiger partial charge in [-0.25, -0.2) is 0 Å². The first-order valence-corrected chi connectivity index (χ1v) is 6.85. The fraction of sp³-hybridized carbons (Fsp3) is 0.500. The van der Waals surface area contributed by atoms with Crippen LogP contribution in [0.2, 0.25) is 0 Å². The number of benzene rings is 1. The van der Waals surface area contributed by atoms with Crippen molar-refractivity contribution in [1.29, 1.82) is 0 Å². The molecule has 2 amide bonds. The highest BCUT2D eigenvalue weighted by Crippen LogP contribution is 2.24. The van der Waals surface area contributed by atoms with E-state index in [9.17, 15) is 9.59 Å². The van der Waals surface area contributed by atoms with Crippen LogP contribution in [0.5, 0.6) is 0 Å². The highest BCUT2D eigenvalue weighted by atomic mass is 16.2. The summed E-state index contributed by atoms with van der Waals surface area (Å²) in [6, 6.07) is 5.98. The standard InChI is InChI=1S/C16H24N2O2/c1-11-6-7-13(16(3,4)5)10-14(11)15(20)18-9-8-17-12(2)19/h6-7,10H,8-9H2,1-5H3,(H,17,19)(H,18,20). The first-order valence-electron chi connectivity index (χ1n) is 6.85. The minimum Gasteiger partial charge on any atom is -0.355 e. The molecule has 0 aromatic heterocycles. The molecule has 0 radical (unpaired) electrons. The van der Waals surface area contributed by atoms with E-state index in [0.29, 0.717) is 18.7 Å². The summed E-state index contributed by atoms with van der Waals surface area (Å²) in [4.78, 5) is 22.9. The smallest absolute Gasteiger partial charge is 0.251 e. The molecule has 1 rings (SSSR count). The molecule has 0 spiro atoms. The molecule has 0 atom stereocenters. The van der Waals surface area contributed by atoms with E-state index in [4.69, 9.17) is 0 Å². The van der Waals surface area contributed by atoms with E-state index >= 15 is 0 Å². The first-order chi connectivity index (χ1) is 9.21. The van der Waals surface area contributed by atoms with Gasteiger partial charge in [0.05, 0.1) is 0 Å². The molecule has 110 valence electrons. The second kappa shape index (κ2) is 6.55. The number of amides is 2. The van der Waals surface area contributed by atoms with Crippen molar-refractivity contribution in [3.63, 3.8) is 0 Å². The zero-order chi connectivity index (χ0) is 15.3. The van der Waals surface area contributed by atoms with E-state index in [2.05, 4.69) is 37.5 Å². The van der Waals surface area contributed by atoms with Crippen molar-refractivity contribution >= 4 is 11.8 Å². The van der Waals surface area contributed by atoms with E-state index in [0.717, 1.165) is 11.1 Å². The Morgan fingerprint density at radius 1 is 1.10 bits per heavy atom. The number of nitrogens with one attached hydrogen (secondary N) is 2. The molecule has 4 heteroatoms. The molecule has 0 aliphatic heterocycles. The third-order valence-corrected chi connectivity index (χ3v) is 3.13. The van der Waals surface area contributed by atoms with E-state index in [1.165, 1.54) is 6.92 Å². The highest BCUT2D eigenvalue weighted by Gasteiger charge is 2.17. The summed E-state index contributed by atoms with van der Waals surface area (Å²) in [5.74, 6) is -0.191. The average molecular weight is 276 g/mol. The van der Waals surface area contributed by atoms with Crippen molar-refractivity contribution in [2.75, 3.05) is 13.1 Å². The van der Waals surface area contributed by atoms with Gasteiger partial charge in [0.25, 0.3) is 5.91 Å². The SMILES string of the molecule is CC(=O)NCCNC(=O)c1cc(C(C)(C)C)ccc1C. The lowest BCUT2D eigenvalue weighted by atomic mass is 9.85. The Bertz CT molecular complexity index is 502. The monoisotopic (exact) mass is 276 g/mol. The van der Waals surface area contributed by atoms with Crippen molar-refractivity contribution in [1.82, 2.24) is 10.6 Å². The van der Waals surface area contributed by atoms with Crippen LogP contribution in [0, 0.1) is 6.92 Å². The van der Waals surface area contributed by atoms with Crippen LogP contribution < -0.4 is 10.6 Å². The predicted molar refractivity (Wildman–Crippen MR) is 80.9 cm³/mol. The number of carbonyl (C=O) groups is 2. The molecule has 0 bridgehead atoms. The number of hydrogen-bond acceptors (Lipinski definition) is 2. The Kier molecular flexibility index (Phi) is 5.31. The maximum atomic E-state index is 12.2. The van der Waals surface area contributed by atoms with Crippen LogP contribution in [0.1, 0.15) is 49.2 Å². The van der Waals surface area contributed by atoms with Gasteiger partial charge >= 0.3 is 0 Å². The van der Waals surface area contributed by atoms with Gasteiger partial charge in [-0.2, -0.15) is 0 Å². The van der Waals surface area contributed by atoms with Gasteiger partial charge in [-0.05, 0) is 29.5 Å². The van der Waals surface area contributed by atoms with E-state index in [-0.39, 0.29) is 17.2 Å². The van der Waals surface area contributed by atoms with Gasteiger partial charge in [0.2, 0.25) is 5.91 Å². The van der Waals surface area contributed by atoms with Crippen LogP contribution in [-0.4, -0.2) is 24.9 Å². The molecule has 0 saturated carbocycles. The quantitative estimate of drug-likeness (QED) is 0.828. The number of rotatable bonds is 4. The van der Waals surface area contributed by atoms with Gasteiger partial charge < -0.3 is 10.6 Å². The molecule has 0 heterocycles. The predicted octanol–water partition coefficient (Wildman–Crippen LogP) is 2.16. The zero-order valence-corrected chi connectivity index (χ0v) is 13.0. The van der Waals surface area contributed by atoms with Crippen molar-refractivity contribution in [2.24, 2.45) is 0 Å². The lowest BCUT2D eigenvalue weighted by molar-refractivity contribution is -0.118. The molecule has 1 aromatic rings. The molecule has 4 nitrogen and oxygen atoms in total. The molecular weight excluding hydrogens is 252 g/mol. The van der Waals surface area contributed by atoms with Crippen LogP contribution >= 0.6 is 0 Å². The van der Waals surface area contributed by atoms with Gasteiger partial charge in [0.15, 0.2) is 0 Å². The summed E-state index contributed by atoms with van der Waals surface area (Å²) >= 11 is 0. The summed E-state index contributed by atoms with van der Waals surface area (Å²) in [5.41, 5.74) is 2.80. The second-order valence-corrected chi connectivity index (χ2v) is 6.02. The largest absolute Gasteiger partial charge is 0.355 e. The molecule has 0 saturated heterocycles. The molecule has 0 unspecified atom stereocenters. The highest BCUT2D eigenvalue weighted by molar-refractivity contribution is 5.95. The van der Waals surface area contributed by atoms with Crippen LogP contribution in [0.3, 0.4) is 0 Å². The molecule has 1 aromatic carbocycles. The lowest BCUT2D eigenvalue weighted by Gasteiger charge is -2.20. The minimum absolute atomic E-state index is 0.0128. The van der Waals surface area contributed by atoms with Crippen molar-refractivity contribution in [2.45, 2.75) is 40.0 Å². The summed E-state index contributed by atoms with van der Waals surface area (Å²) in [6.45, 7) is 10.6. The van der Waals surface area contributed by atoms with Crippen molar-refractivity contribution in [3.8, 4) is 0 Å². The topological polar surface area (TPSA) is 58.2 Å². The van der Waals surface area contributed by atoms with Crippen LogP contribution in [-0.2, 0) is 10.2 Å². The van der Waals surface area contributed by atoms with E-state index in [1.807, 2.05) is 19.1 Å². The van der Waals surface area contributed by atoms with Gasteiger partial charge in [-0.1, -0.05) is 32.9 Å². The summed E-state index contributed by atoms with van der Waals surface area (Å²) < 4.78 is 0. The Morgan fingerprint density at radius 2 is 1.70 bits per heavy atom. The van der Waals surface area contributed by atoms with Gasteiger partial charge in [0, 0.05) is 25.6 Å². The van der Waals surface area contributed by atoms with Gasteiger partial charge in [0.1, 0.15) is 0 Å². The van der Waals surface area contributed by atoms with E-state index in [1.54, 1.807) is 0 Å². The Balaban J connectivity index is 2.74. The van der Waals surface area contributed by atoms with Gasteiger partial charge in [-0.15, -0.1) is 0 Å². The van der Waals surface area contributed by atoms with Crippen molar-refractivity contribution in [3.05, 3.63) is 34.9 Å². The average Bonchev–Trinajstić information content (AvgIpc) is 2.33. The zero-order valence-electron chi connectivity index (χ0n) is 13.0. The molecular formula is C16H24N2O2. The van der Waals surface area contributed by atoms with Crippen LogP contribution in [0.15, 0.2) is 18.2 Å². The molecule has 2 N–H and O–H groups in total. The fourth-order valence-electron chi connectivity index (χ4n) is 1.84. The maximum absolute atomic E-state index is 12.2. The third kappa shape index (κ3) is 4.68. The summed E-state index contributed by atoms with van der Waals surface area (Å²) in [7, 11) is 0. The number of carbonyl (C=O) groups excluding carboxylic acids is 2. The second-order valence-electron chi connectivity index (χ2n) is 6.02. The van der Waals surface area contributed by atoms with Crippen LogP contribution in [0.25, 0.3) is 0 Å². The Labute approximate surface area is 121 Å². The molecule has 20 heavy (non-hydrogen) atoms. The Morgan fingerprint density at radius 3 is 2.25 bits per heavy atom. The maximum Gasteiger partial charge on any atom is 0.251 e. The normalized spacial score (nSPS) is 11.1. The molecule has 0 aliphatic carbocycles. The number of aryl methyl sites for hydroxylation is 1. The fourth-order valence-corrected chi connectivity index (χ4v) is 1.84. The lowest BCUT2D eigenvalue weighted by Crippen LogP contribution is -2.34. The first kappa shape index (κ1) is 16.2. The van der Waals surface area contributed by atoms with Crippen molar-refractivity contribution < 1.29 is 9.59 Å². The minimum atomic E-state index is -0.0982. The Hall–Kier alpha value is -1.84. The van der Waals surface area contributed by atoms with E-state index < -0.39 is 0 Å². The molecule has 0 fully saturated rings. The summed E-state index contributed by atoms with van der Waals surface area (Å²) in [5, 5.41) is 5.47. The van der Waals surface area contributed by atoms with Gasteiger partial charge in [-0.3, -0.25) is 9.59 Å². The molecule has 0 aliphatic rings.